The molecule has 2 unspecified atom stereocenters. The average molecular weight is 483 g/mol. The van der Waals surface area contributed by atoms with Gasteiger partial charge in [-0.3, -0.25) is 9.89 Å². The number of guanidine groups is 1. The molecule has 2 atom stereocenters. The second-order valence-corrected chi connectivity index (χ2v) is 7.36. The van der Waals surface area contributed by atoms with Gasteiger partial charge < -0.3 is 20.3 Å². The third-order valence-corrected chi connectivity index (χ3v) is 4.86. The van der Waals surface area contributed by atoms with Crippen LogP contribution in [-0.2, 0) is 4.74 Å². The van der Waals surface area contributed by atoms with Gasteiger partial charge in [0.2, 0.25) is 0 Å². The highest BCUT2D eigenvalue weighted by atomic mass is 127. The van der Waals surface area contributed by atoms with Crippen LogP contribution in [-0.4, -0.2) is 87.4 Å². The third-order valence-electron chi connectivity index (χ3n) is 4.86. The van der Waals surface area contributed by atoms with Gasteiger partial charge in [0, 0.05) is 51.9 Å². The molecule has 0 radical (unpaired) electrons. The van der Waals surface area contributed by atoms with E-state index in [0.717, 1.165) is 64.8 Å². The van der Waals surface area contributed by atoms with Gasteiger partial charge in [0.1, 0.15) is 0 Å². The SMILES string of the molecule is CCNC(=NCC(C)N1CCN(C)CC1)NCCC(OCC)C(C)C.I. The van der Waals surface area contributed by atoms with Crippen LogP contribution < -0.4 is 10.6 Å². The first-order valence-corrected chi connectivity index (χ1v) is 10.0. The van der Waals surface area contributed by atoms with E-state index in [4.69, 9.17) is 9.73 Å². The van der Waals surface area contributed by atoms with E-state index >= 15 is 0 Å². The van der Waals surface area contributed by atoms with Crippen LogP contribution in [0.3, 0.4) is 0 Å². The van der Waals surface area contributed by atoms with Crippen molar-refractivity contribution in [2.75, 3.05) is 59.5 Å². The molecule has 156 valence electrons. The summed E-state index contributed by atoms with van der Waals surface area (Å²) in [5.74, 6) is 1.46. The van der Waals surface area contributed by atoms with Gasteiger partial charge >= 0.3 is 0 Å². The van der Waals surface area contributed by atoms with Gasteiger partial charge in [-0.2, -0.15) is 0 Å². The van der Waals surface area contributed by atoms with E-state index in [1.54, 1.807) is 0 Å². The zero-order chi connectivity index (χ0) is 18.7. The van der Waals surface area contributed by atoms with E-state index in [-0.39, 0.29) is 24.0 Å². The van der Waals surface area contributed by atoms with E-state index in [0.29, 0.717) is 18.1 Å². The van der Waals surface area contributed by atoms with Gasteiger partial charge in [0.15, 0.2) is 5.96 Å². The molecule has 1 rings (SSSR count). The molecule has 1 aliphatic heterocycles. The summed E-state index contributed by atoms with van der Waals surface area (Å²) >= 11 is 0. The Hall–Kier alpha value is -0.120. The van der Waals surface area contributed by atoms with Crippen molar-refractivity contribution in [3.63, 3.8) is 0 Å². The number of piperazine rings is 1. The quantitative estimate of drug-likeness (QED) is 0.284. The normalized spacial score (nSPS) is 19.1. The minimum Gasteiger partial charge on any atom is -0.378 e. The first-order chi connectivity index (χ1) is 12.0. The Morgan fingerprint density at radius 1 is 1.08 bits per heavy atom. The Morgan fingerprint density at radius 3 is 2.27 bits per heavy atom. The summed E-state index contributed by atoms with van der Waals surface area (Å²) in [5.41, 5.74) is 0. The molecule has 1 aliphatic rings. The molecule has 1 heterocycles. The van der Waals surface area contributed by atoms with E-state index in [1.807, 2.05) is 0 Å². The minimum atomic E-state index is 0. The Bertz CT molecular complexity index is 373. The van der Waals surface area contributed by atoms with Gasteiger partial charge in [-0.05, 0) is 40.2 Å². The van der Waals surface area contributed by atoms with Crippen LogP contribution in [0.1, 0.15) is 41.0 Å². The second-order valence-electron chi connectivity index (χ2n) is 7.36. The lowest BCUT2D eigenvalue weighted by molar-refractivity contribution is 0.0258. The van der Waals surface area contributed by atoms with Crippen LogP contribution in [0.2, 0.25) is 0 Å². The van der Waals surface area contributed by atoms with Crippen molar-refractivity contribution in [1.82, 2.24) is 20.4 Å². The van der Waals surface area contributed by atoms with Crippen molar-refractivity contribution >= 4 is 29.9 Å². The predicted molar refractivity (Wildman–Crippen MR) is 123 cm³/mol. The van der Waals surface area contributed by atoms with Crippen molar-refractivity contribution < 1.29 is 4.74 Å². The number of halogens is 1. The number of nitrogens with one attached hydrogen (secondary N) is 2. The Kier molecular flexibility index (Phi) is 14.8. The summed E-state index contributed by atoms with van der Waals surface area (Å²) in [7, 11) is 2.19. The number of likely N-dealkylation sites (N-methyl/N-ethyl adjacent to an activating group) is 1. The average Bonchev–Trinajstić information content (AvgIpc) is 2.59. The van der Waals surface area contributed by atoms with Crippen LogP contribution in [0.25, 0.3) is 0 Å². The molecule has 26 heavy (non-hydrogen) atoms. The van der Waals surface area contributed by atoms with E-state index < -0.39 is 0 Å². The standard InChI is InChI=1S/C19H41N5O.HI/c1-7-20-19(21-10-9-18(16(3)4)25-8-2)22-15-17(5)24-13-11-23(6)12-14-24;/h16-18H,7-15H2,1-6H3,(H2,20,21,22);1H. The second kappa shape index (κ2) is 14.9. The maximum atomic E-state index is 5.82. The van der Waals surface area contributed by atoms with Gasteiger partial charge in [0.25, 0.3) is 0 Å². The van der Waals surface area contributed by atoms with E-state index in [2.05, 4.69) is 62.1 Å². The van der Waals surface area contributed by atoms with Gasteiger partial charge in [-0.25, -0.2) is 0 Å². The fourth-order valence-corrected chi connectivity index (χ4v) is 3.10. The van der Waals surface area contributed by atoms with Gasteiger partial charge in [-0.1, -0.05) is 13.8 Å². The smallest absolute Gasteiger partial charge is 0.191 e. The molecular formula is C19H42IN5O. The van der Waals surface area contributed by atoms with Crippen molar-refractivity contribution in [1.29, 1.82) is 0 Å². The van der Waals surface area contributed by atoms with Crippen LogP contribution >= 0.6 is 24.0 Å². The molecule has 7 heteroatoms. The lowest BCUT2D eigenvalue weighted by Crippen LogP contribution is -2.49. The molecule has 2 N–H and O–H groups in total. The number of hydrogen-bond acceptors (Lipinski definition) is 4. The fraction of sp³-hybridized carbons (Fsp3) is 0.947. The summed E-state index contributed by atoms with van der Waals surface area (Å²) < 4.78 is 5.82. The summed E-state index contributed by atoms with van der Waals surface area (Å²) in [4.78, 5) is 9.72. The van der Waals surface area contributed by atoms with Crippen LogP contribution in [0.4, 0.5) is 0 Å². The van der Waals surface area contributed by atoms with Gasteiger partial charge in [-0.15, -0.1) is 24.0 Å². The highest BCUT2D eigenvalue weighted by Gasteiger charge is 2.19. The van der Waals surface area contributed by atoms with Crippen LogP contribution in [0, 0.1) is 5.92 Å². The molecule has 0 spiro atoms. The van der Waals surface area contributed by atoms with Crippen molar-refractivity contribution in [3.05, 3.63) is 0 Å². The Morgan fingerprint density at radius 2 is 1.73 bits per heavy atom. The highest BCUT2D eigenvalue weighted by Crippen LogP contribution is 2.10. The summed E-state index contributed by atoms with van der Waals surface area (Å²) in [5, 5.41) is 6.82. The van der Waals surface area contributed by atoms with Crippen molar-refractivity contribution in [3.8, 4) is 0 Å². The zero-order valence-electron chi connectivity index (χ0n) is 17.8. The molecule has 0 bridgehead atoms. The molecule has 0 amide bonds. The summed E-state index contributed by atoms with van der Waals surface area (Å²) in [6.07, 6.45) is 1.31. The topological polar surface area (TPSA) is 52.1 Å². The maximum Gasteiger partial charge on any atom is 0.191 e. The van der Waals surface area contributed by atoms with Crippen molar-refractivity contribution in [2.45, 2.75) is 53.2 Å². The molecule has 0 saturated carbocycles. The molecule has 0 aliphatic carbocycles. The van der Waals surface area contributed by atoms with Crippen molar-refractivity contribution in [2.24, 2.45) is 10.9 Å². The summed E-state index contributed by atoms with van der Waals surface area (Å²) in [6.45, 7) is 18.9. The van der Waals surface area contributed by atoms with Gasteiger partial charge in [0.05, 0.1) is 12.6 Å². The number of hydrogen-bond donors (Lipinski definition) is 2. The highest BCUT2D eigenvalue weighted by molar-refractivity contribution is 14.0. The van der Waals surface area contributed by atoms with Crippen LogP contribution in [0.5, 0.6) is 0 Å². The molecule has 0 aromatic carbocycles. The molecule has 6 nitrogen and oxygen atoms in total. The summed E-state index contributed by atoms with van der Waals surface area (Å²) in [6, 6.07) is 0.482. The molecule has 0 aromatic rings. The predicted octanol–water partition coefficient (Wildman–Crippen LogP) is 2.25. The Balaban J connectivity index is 0.00000625. The monoisotopic (exact) mass is 483 g/mol. The molecule has 1 fully saturated rings. The first kappa shape index (κ1) is 25.9. The van der Waals surface area contributed by atoms with E-state index in [9.17, 15) is 0 Å². The number of rotatable bonds is 10. The maximum absolute atomic E-state index is 5.82. The number of aliphatic imine (C=N–C) groups is 1. The number of nitrogens with zero attached hydrogens (tertiary/aromatic N) is 3. The van der Waals surface area contributed by atoms with Crippen LogP contribution in [0.15, 0.2) is 4.99 Å². The fourth-order valence-electron chi connectivity index (χ4n) is 3.10. The Labute approximate surface area is 178 Å². The minimum absolute atomic E-state index is 0. The molecule has 0 aromatic heterocycles. The third kappa shape index (κ3) is 10.3. The lowest BCUT2D eigenvalue weighted by atomic mass is 10.0. The molecule has 1 saturated heterocycles. The number of ether oxygens (including phenoxy) is 1. The largest absolute Gasteiger partial charge is 0.378 e. The lowest BCUT2D eigenvalue weighted by Gasteiger charge is -2.35. The first-order valence-electron chi connectivity index (χ1n) is 10.0. The molecular weight excluding hydrogens is 441 g/mol. The zero-order valence-corrected chi connectivity index (χ0v) is 20.1. The van der Waals surface area contributed by atoms with E-state index in [1.165, 1.54) is 0 Å².